The van der Waals surface area contributed by atoms with Crippen molar-refractivity contribution >= 4 is 6.09 Å². The summed E-state index contributed by atoms with van der Waals surface area (Å²) in [5, 5.41) is 9.03. The van der Waals surface area contributed by atoms with Crippen LogP contribution in [0, 0.1) is 0 Å². The molecule has 1 N–H and O–H groups in total. The summed E-state index contributed by atoms with van der Waals surface area (Å²) in [5.74, 6) is 0. The van der Waals surface area contributed by atoms with E-state index in [2.05, 4.69) is 0 Å². The summed E-state index contributed by atoms with van der Waals surface area (Å²) in [6.45, 7) is 12.3. The minimum atomic E-state index is -0.430. The molecule has 0 bridgehead atoms. The number of carbonyl (C=O) groups is 1. The van der Waals surface area contributed by atoms with E-state index < -0.39 is 5.60 Å². The highest BCUT2D eigenvalue weighted by atomic mass is 16.6. The van der Waals surface area contributed by atoms with Gasteiger partial charge in [-0.25, -0.2) is 4.79 Å². The van der Waals surface area contributed by atoms with Gasteiger partial charge in [-0.2, -0.15) is 0 Å². The van der Waals surface area contributed by atoms with Gasteiger partial charge in [0, 0.05) is 12.0 Å². The number of rotatable bonds is 5. The molecular formula is C14H27NO4. The molecule has 2 atom stereocenters. The Morgan fingerprint density at radius 2 is 2.00 bits per heavy atom. The first-order valence-corrected chi connectivity index (χ1v) is 6.82. The van der Waals surface area contributed by atoms with Crippen molar-refractivity contribution in [3.05, 3.63) is 0 Å². The summed E-state index contributed by atoms with van der Waals surface area (Å²) in [7, 11) is 0. The molecule has 19 heavy (non-hydrogen) atoms. The number of hydrogen-bond donors (Lipinski definition) is 1. The largest absolute Gasteiger partial charge is 0.444 e. The average molecular weight is 273 g/mol. The Balaban J connectivity index is 2.58. The van der Waals surface area contributed by atoms with Crippen molar-refractivity contribution in [2.24, 2.45) is 0 Å². The quantitative estimate of drug-likeness (QED) is 0.834. The first kappa shape index (κ1) is 16.2. The molecule has 2 unspecified atom stereocenters. The molecule has 1 amide bonds. The van der Waals surface area contributed by atoms with E-state index in [1.54, 1.807) is 4.90 Å². The standard InChI is InChI=1S/C14H27NO4/c1-10(9-16)19-14(5,6)7-11-8-15(12(17)18-11)13(2,3)4/h10-11,16H,7-9H2,1-6H3. The number of aliphatic hydroxyl groups excluding tert-OH is 1. The molecule has 1 aliphatic rings. The van der Waals surface area contributed by atoms with Crippen molar-refractivity contribution < 1.29 is 19.4 Å². The van der Waals surface area contributed by atoms with Crippen molar-refractivity contribution in [2.45, 2.75) is 71.3 Å². The van der Waals surface area contributed by atoms with Crippen LogP contribution < -0.4 is 0 Å². The molecule has 0 radical (unpaired) electrons. The molecule has 0 aromatic rings. The van der Waals surface area contributed by atoms with E-state index in [0.29, 0.717) is 13.0 Å². The van der Waals surface area contributed by atoms with E-state index >= 15 is 0 Å². The van der Waals surface area contributed by atoms with E-state index in [0.717, 1.165) is 0 Å². The van der Waals surface area contributed by atoms with Crippen LogP contribution in [0.15, 0.2) is 0 Å². The van der Waals surface area contributed by atoms with Crippen molar-refractivity contribution in [1.82, 2.24) is 4.90 Å². The molecule has 1 rings (SSSR count). The lowest BCUT2D eigenvalue weighted by Gasteiger charge is -2.31. The minimum Gasteiger partial charge on any atom is -0.444 e. The lowest BCUT2D eigenvalue weighted by Crippen LogP contribution is -2.43. The molecule has 1 fully saturated rings. The summed E-state index contributed by atoms with van der Waals surface area (Å²) in [4.78, 5) is 13.6. The Morgan fingerprint density at radius 3 is 2.42 bits per heavy atom. The number of hydrogen-bond acceptors (Lipinski definition) is 4. The smallest absolute Gasteiger partial charge is 0.410 e. The zero-order valence-corrected chi connectivity index (χ0v) is 12.9. The maximum absolute atomic E-state index is 11.8. The Kier molecular flexibility index (Phi) is 4.85. The number of amides is 1. The van der Waals surface area contributed by atoms with E-state index in [4.69, 9.17) is 14.6 Å². The van der Waals surface area contributed by atoms with Gasteiger partial charge in [-0.1, -0.05) is 0 Å². The monoisotopic (exact) mass is 273 g/mol. The van der Waals surface area contributed by atoms with Crippen molar-refractivity contribution in [1.29, 1.82) is 0 Å². The zero-order valence-electron chi connectivity index (χ0n) is 12.9. The van der Waals surface area contributed by atoms with Crippen molar-refractivity contribution in [2.75, 3.05) is 13.2 Å². The fourth-order valence-electron chi connectivity index (χ4n) is 2.35. The van der Waals surface area contributed by atoms with Gasteiger partial charge in [0.15, 0.2) is 0 Å². The predicted octanol–water partition coefficient (Wildman–Crippen LogP) is 2.17. The zero-order chi connectivity index (χ0) is 14.8. The Bertz CT molecular complexity index is 322. The van der Waals surface area contributed by atoms with Crippen molar-refractivity contribution in [3.63, 3.8) is 0 Å². The second-order valence-electron chi connectivity index (χ2n) is 6.86. The fourth-order valence-corrected chi connectivity index (χ4v) is 2.35. The second-order valence-corrected chi connectivity index (χ2v) is 6.86. The minimum absolute atomic E-state index is 0.0119. The van der Waals surface area contributed by atoms with Crippen LogP contribution in [0.1, 0.15) is 48.0 Å². The fraction of sp³-hybridized carbons (Fsp3) is 0.929. The summed E-state index contributed by atoms with van der Waals surface area (Å²) < 4.78 is 11.1. The third kappa shape index (κ3) is 4.66. The van der Waals surface area contributed by atoms with Gasteiger partial charge in [-0.3, -0.25) is 4.90 Å². The maximum atomic E-state index is 11.8. The molecule has 1 heterocycles. The average Bonchev–Trinajstić information content (AvgIpc) is 2.57. The van der Waals surface area contributed by atoms with Gasteiger partial charge in [0.1, 0.15) is 6.10 Å². The lowest BCUT2D eigenvalue weighted by atomic mass is 9.99. The number of aliphatic hydroxyl groups is 1. The van der Waals surface area contributed by atoms with Crippen LogP contribution in [0.4, 0.5) is 4.79 Å². The molecule has 0 aliphatic carbocycles. The number of carbonyl (C=O) groups excluding carboxylic acids is 1. The molecule has 5 nitrogen and oxygen atoms in total. The van der Waals surface area contributed by atoms with E-state index in [1.165, 1.54) is 0 Å². The summed E-state index contributed by atoms with van der Waals surface area (Å²) >= 11 is 0. The predicted molar refractivity (Wildman–Crippen MR) is 73.1 cm³/mol. The SMILES string of the molecule is CC(CO)OC(C)(C)CC1CN(C(C)(C)C)C(=O)O1. The Labute approximate surface area is 115 Å². The number of ether oxygens (including phenoxy) is 2. The molecule has 0 aromatic carbocycles. The molecule has 112 valence electrons. The molecule has 5 heteroatoms. The maximum Gasteiger partial charge on any atom is 0.410 e. The van der Waals surface area contributed by atoms with Crippen LogP contribution in [0.5, 0.6) is 0 Å². The highest BCUT2D eigenvalue weighted by molar-refractivity contribution is 5.70. The first-order chi connectivity index (χ1) is 8.55. The van der Waals surface area contributed by atoms with Crippen LogP contribution in [0.2, 0.25) is 0 Å². The normalized spacial score (nSPS) is 22.6. The van der Waals surface area contributed by atoms with Crippen LogP contribution in [-0.2, 0) is 9.47 Å². The second kappa shape index (κ2) is 5.67. The molecule has 1 aliphatic heterocycles. The first-order valence-electron chi connectivity index (χ1n) is 6.82. The molecule has 0 spiro atoms. The van der Waals surface area contributed by atoms with Gasteiger partial charge < -0.3 is 14.6 Å². The highest BCUT2D eigenvalue weighted by Gasteiger charge is 2.40. The summed E-state index contributed by atoms with van der Waals surface area (Å²) in [5.41, 5.74) is -0.657. The molecule has 1 saturated heterocycles. The number of cyclic esters (lactones) is 1. The Hall–Kier alpha value is -0.810. The summed E-state index contributed by atoms with van der Waals surface area (Å²) in [6.07, 6.45) is -0.0164. The van der Waals surface area contributed by atoms with E-state index in [9.17, 15) is 4.79 Å². The van der Waals surface area contributed by atoms with Gasteiger partial charge in [0.05, 0.1) is 24.9 Å². The highest BCUT2D eigenvalue weighted by Crippen LogP contribution is 2.28. The lowest BCUT2D eigenvalue weighted by molar-refractivity contribution is -0.0979. The Morgan fingerprint density at radius 1 is 1.42 bits per heavy atom. The number of nitrogens with zero attached hydrogens (tertiary/aromatic N) is 1. The van der Waals surface area contributed by atoms with Gasteiger partial charge in [-0.05, 0) is 41.5 Å². The topological polar surface area (TPSA) is 59.0 Å². The van der Waals surface area contributed by atoms with Crippen molar-refractivity contribution in [3.8, 4) is 0 Å². The van der Waals surface area contributed by atoms with Crippen LogP contribution in [0.25, 0.3) is 0 Å². The van der Waals surface area contributed by atoms with Gasteiger partial charge in [0.25, 0.3) is 0 Å². The summed E-state index contributed by atoms with van der Waals surface area (Å²) in [6, 6.07) is 0. The third-order valence-electron chi connectivity index (χ3n) is 3.18. The third-order valence-corrected chi connectivity index (χ3v) is 3.18. The van der Waals surface area contributed by atoms with Gasteiger partial charge in [-0.15, -0.1) is 0 Å². The van der Waals surface area contributed by atoms with Gasteiger partial charge >= 0.3 is 6.09 Å². The van der Waals surface area contributed by atoms with Crippen LogP contribution in [-0.4, -0.2) is 52.6 Å². The van der Waals surface area contributed by atoms with E-state index in [-0.39, 0.29) is 30.4 Å². The van der Waals surface area contributed by atoms with Gasteiger partial charge in [0.2, 0.25) is 0 Å². The molecule has 0 aromatic heterocycles. The van der Waals surface area contributed by atoms with Crippen LogP contribution >= 0.6 is 0 Å². The van der Waals surface area contributed by atoms with Crippen LogP contribution in [0.3, 0.4) is 0 Å². The molecular weight excluding hydrogens is 246 g/mol. The van der Waals surface area contributed by atoms with E-state index in [1.807, 2.05) is 41.5 Å². The molecule has 0 saturated carbocycles.